The molecular weight excluding hydrogens is 191 g/mol. The summed E-state index contributed by atoms with van der Waals surface area (Å²) in [6.07, 6.45) is -0.257. The third-order valence-corrected chi connectivity index (χ3v) is 3.82. The normalized spacial score (nSPS) is 33.5. The maximum Gasteiger partial charge on any atom is 0.123 e. The molecule has 1 aliphatic carbocycles. The van der Waals surface area contributed by atoms with Gasteiger partial charge in [-0.1, -0.05) is 32.9 Å². The largest absolute Gasteiger partial charge is 0.392 e. The van der Waals surface area contributed by atoms with Crippen molar-refractivity contribution < 1.29 is 9.50 Å². The van der Waals surface area contributed by atoms with Crippen molar-refractivity contribution in [3.8, 4) is 0 Å². The first-order chi connectivity index (χ1) is 6.94. The van der Waals surface area contributed by atoms with Gasteiger partial charge in [0.1, 0.15) is 5.82 Å². The molecule has 1 aromatic rings. The summed E-state index contributed by atoms with van der Waals surface area (Å²) < 4.78 is 12.8. The summed E-state index contributed by atoms with van der Waals surface area (Å²) in [5.41, 5.74) is 1.02. The molecule has 0 saturated heterocycles. The predicted molar refractivity (Wildman–Crippen MR) is 58.1 cm³/mol. The molecule has 0 aromatic heterocycles. The Bertz CT molecular complexity index is 355. The first kappa shape index (κ1) is 10.6. The number of rotatable bonds is 1. The van der Waals surface area contributed by atoms with Gasteiger partial charge in [0, 0.05) is 0 Å². The van der Waals surface area contributed by atoms with Crippen molar-refractivity contribution in [2.24, 2.45) is 11.3 Å². The summed E-state index contributed by atoms with van der Waals surface area (Å²) in [5, 5.41) is 9.86. The molecule has 0 bridgehead atoms. The highest BCUT2D eigenvalue weighted by molar-refractivity contribution is 5.28. The van der Waals surface area contributed by atoms with E-state index in [-0.39, 0.29) is 23.3 Å². The lowest BCUT2D eigenvalue weighted by Gasteiger charge is -2.55. The van der Waals surface area contributed by atoms with Crippen LogP contribution in [0.15, 0.2) is 24.3 Å². The Morgan fingerprint density at radius 2 is 1.73 bits per heavy atom. The predicted octanol–water partition coefficient (Wildman–Crippen LogP) is 2.95. The van der Waals surface area contributed by atoms with Crippen LogP contribution < -0.4 is 0 Å². The van der Waals surface area contributed by atoms with Crippen molar-refractivity contribution in [1.29, 1.82) is 0 Å². The van der Waals surface area contributed by atoms with Gasteiger partial charge in [-0.05, 0) is 34.9 Å². The molecule has 1 aliphatic rings. The average Bonchev–Trinajstić information content (AvgIpc) is 2.20. The van der Waals surface area contributed by atoms with Crippen LogP contribution in [0.5, 0.6) is 0 Å². The van der Waals surface area contributed by atoms with Crippen LogP contribution in [0.2, 0.25) is 0 Å². The quantitative estimate of drug-likeness (QED) is 0.752. The maximum absolute atomic E-state index is 12.8. The van der Waals surface area contributed by atoms with E-state index < -0.39 is 0 Å². The lowest BCUT2D eigenvalue weighted by atomic mass is 9.52. The summed E-state index contributed by atoms with van der Waals surface area (Å²) in [5.74, 6) is 0.377. The Morgan fingerprint density at radius 3 is 2.20 bits per heavy atom. The number of hydrogen-bond donors (Lipinski definition) is 1. The molecule has 1 aromatic carbocycles. The second-order valence-electron chi connectivity index (χ2n) is 5.15. The summed E-state index contributed by atoms with van der Waals surface area (Å²) in [4.78, 5) is 0. The highest BCUT2D eigenvalue weighted by Gasteiger charge is 2.53. The van der Waals surface area contributed by atoms with E-state index in [0.29, 0.717) is 5.92 Å². The van der Waals surface area contributed by atoms with E-state index >= 15 is 0 Å². The third kappa shape index (κ3) is 1.48. The summed E-state index contributed by atoms with van der Waals surface area (Å²) in [6.45, 7) is 6.17. The molecule has 0 spiro atoms. The van der Waals surface area contributed by atoms with E-state index in [2.05, 4.69) is 13.8 Å². The van der Waals surface area contributed by atoms with Crippen LogP contribution >= 0.6 is 0 Å². The zero-order valence-electron chi connectivity index (χ0n) is 9.37. The fourth-order valence-electron chi connectivity index (χ4n) is 3.01. The third-order valence-electron chi connectivity index (χ3n) is 3.82. The van der Waals surface area contributed by atoms with Crippen molar-refractivity contribution in [3.63, 3.8) is 0 Å². The molecule has 3 unspecified atom stereocenters. The van der Waals surface area contributed by atoms with Crippen LogP contribution in [0.1, 0.15) is 32.3 Å². The number of halogens is 1. The molecule has 0 radical (unpaired) electrons. The number of aliphatic hydroxyl groups is 1. The zero-order chi connectivity index (χ0) is 11.2. The Hall–Kier alpha value is -0.890. The molecular formula is C13H17FO. The van der Waals surface area contributed by atoms with Crippen molar-refractivity contribution in [2.75, 3.05) is 0 Å². The molecule has 1 fully saturated rings. The van der Waals surface area contributed by atoms with Gasteiger partial charge >= 0.3 is 0 Å². The molecule has 3 atom stereocenters. The monoisotopic (exact) mass is 208 g/mol. The van der Waals surface area contributed by atoms with Gasteiger partial charge in [-0.2, -0.15) is 0 Å². The van der Waals surface area contributed by atoms with Gasteiger partial charge < -0.3 is 5.11 Å². The molecule has 2 rings (SSSR count). The van der Waals surface area contributed by atoms with Gasteiger partial charge in [-0.15, -0.1) is 0 Å². The van der Waals surface area contributed by atoms with Gasteiger partial charge in [0.25, 0.3) is 0 Å². The molecule has 0 aliphatic heterocycles. The minimum atomic E-state index is -0.257. The zero-order valence-corrected chi connectivity index (χ0v) is 9.37. The Balaban J connectivity index is 2.29. The molecule has 82 valence electrons. The Kier molecular flexibility index (Phi) is 2.34. The summed E-state index contributed by atoms with van der Waals surface area (Å²) in [7, 11) is 0. The topological polar surface area (TPSA) is 20.2 Å². The van der Waals surface area contributed by atoms with Crippen LogP contribution in [0.25, 0.3) is 0 Å². The number of aliphatic hydroxyl groups excluding tert-OH is 1. The molecule has 0 heterocycles. The lowest BCUT2D eigenvalue weighted by molar-refractivity contribution is -0.115. The second kappa shape index (κ2) is 3.31. The van der Waals surface area contributed by atoms with Gasteiger partial charge in [-0.3, -0.25) is 0 Å². The molecule has 1 saturated carbocycles. The first-order valence-electron chi connectivity index (χ1n) is 5.38. The van der Waals surface area contributed by atoms with Crippen molar-refractivity contribution in [2.45, 2.75) is 32.8 Å². The van der Waals surface area contributed by atoms with Crippen LogP contribution in [0, 0.1) is 17.2 Å². The summed E-state index contributed by atoms with van der Waals surface area (Å²) in [6, 6.07) is 6.62. The first-order valence-corrected chi connectivity index (χ1v) is 5.38. The smallest absolute Gasteiger partial charge is 0.123 e. The molecule has 2 heteroatoms. The van der Waals surface area contributed by atoms with Crippen molar-refractivity contribution in [3.05, 3.63) is 35.6 Å². The number of hydrogen-bond acceptors (Lipinski definition) is 1. The fourth-order valence-corrected chi connectivity index (χ4v) is 3.01. The van der Waals surface area contributed by atoms with E-state index in [9.17, 15) is 9.50 Å². The minimum absolute atomic E-state index is 0.1000. The standard InChI is InChI=1S/C13H17FO/c1-8-11(13(2,3)12(8)15)9-4-6-10(14)7-5-9/h4-8,11-12,15H,1-3H3. The lowest BCUT2D eigenvalue weighted by Crippen LogP contribution is -2.54. The van der Waals surface area contributed by atoms with Gasteiger partial charge in [0.15, 0.2) is 0 Å². The van der Waals surface area contributed by atoms with Crippen LogP contribution in [0.4, 0.5) is 4.39 Å². The number of benzene rings is 1. The minimum Gasteiger partial charge on any atom is -0.392 e. The average molecular weight is 208 g/mol. The Morgan fingerprint density at radius 1 is 1.20 bits per heavy atom. The van der Waals surface area contributed by atoms with E-state index in [0.717, 1.165) is 5.56 Å². The maximum atomic E-state index is 12.8. The van der Waals surface area contributed by atoms with Gasteiger partial charge in [0.05, 0.1) is 6.10 Å². The van der Waals surface area contributed by atoms with Crippen LogP contribution in [0.3, 0.4) is 0 Å². The van der Waals surface area contributed by atoms with Crippen molar-refractivity contribution in [1.82, 2.24) is 0 Å². The van der Waals surface area contributed by atoms with E-state index in [4.69, 9.17) is 0 Å². The van der Waals surface area contributed by atoms with Crippen molar-refractivity contribution >= 4 is 0 Å². The highest BCUT2D eigenvalue weighted by atomic mass is 19.1. The summed E-state index contributed by atoms with van der Waals surface area (Å²) >= 11 is 0. The second-order valence-corrected chi connectivity index (χ2v) is 5.15. The van der Waals surface area contributed by atoms with E-state index in [1.807, 2.05) is 19.1 Å². The van der Waals surface area contributed by atoms with Gasteiger partial charge in [0.2, 0.25) is 0 Å². The molecule has 1 nitrogen and oxygen atoms in total. The highest BCUT2D eigenvalue weighted by Crippen LogP contribution is 2.56. The molecule has 15 heavy (non-hydrogen) atoms. The van der Waals surface area contributed by atoms with E-state index in [1.165, 1.54) is 12.1 Å². The van der Waals surface area contributed by atoms with Crippen LogP contribution in [-0.4, -0.2) is 11.2 Å². The van der Waals surface area contributed by atoms with Crippen LogP contribution in [-0.2, 0) is 0 Å². The van der Waals surface area contributed by atoms with E-state index in [1.54, 1.807) is 0 Å². The fraction of sp³-hybridized carbons (Fsp3) is 0.538. The van der Waals surface area contributed by atoms with Gasteiger partial charge in [-0.25, -0.2) is 4.39 Å². The SMILES string of the molecule is CC1C(O)C(C)(C)C1c1ccc(F)cc1. The molecule has 1 N–H and O–H groups in total. The molecule has 0 amide bonds. The Labute approximate surface area is 89.9 Å².